The molecule has 12 heavy (non-hydrogen) atoms. The summed E-state index contributed by atoms with van der Waals surface area (Å²) < 4.78 is 10.3. The van der Waals surface area contributed by atoms with Gasteiger partial charge >= 0.3 is 0 Å². The third-order valence-corrected chi connectivity index (χ3v) is 1.47. The number of aromatic nitrogens is 1. The Labute approximate surface area is 72.3 Å². The highest BCUT2D eigenvalue weighted by Crippen LogP contribution is 2.15. The molecule has 3 nitrogen and oxygen atoms in total. The van der Waals surface area contributed by atoms with Gasteiger partial charge in [-0.15, -0.1) is 0 Å². The molecule has 0 atom stereocenters. The number of hydrogen-bond acceptors (Lipinski definition) is 3. The van der Waals surface area contributed by atoms with E-state index in [4.69, 9.17) is 9.47 Å². The van der Waals surface area contributed by atoms with Gasteiger partial charge in [-0.3, -0.25) is 4.98 Å². The first kappa shape index (κ1) is 9.00. The van der Waals surface area contributed by atoms with Crippen molar-refractivity contribution in [3.8, 4) is 5.75 Å². The highest BCUT2D eigenvalue weighted by Gasteiger charge is 2.01. The Morgan fingerprint density at radius 2 is 2.42 bits per heavy atom. The zero-order valence-corrected chi connectivity index (χ0v) is 7.33. The van der Waals surface area contributed by atoms with Crippen LogP contribution in [0, 0.1) is 6.20 Å². The summed E-state index contributed by atoms with van der Waals surface area (Å²) in [5.41, 5.74) is 0.981. The molecule has 65 valence electrons. The largest absolute Gasteiger partial charge is 0.494 e. The van der Waals surface area contributed by atoms with E-state index in [0.29, 0.717) is 19.0 Å². The third kappa shape index (κ3) is 2.20. The number of ether oxygens (including phenoxy) is 2. The molecule has 0 bridgehead atoms. The Morgan fingerprint density at radius 1 is 1.58 bits per heavy atom. The predicted molar refractivity (Wildman–Crippen MR) is 45.0 cm³/mol. The number of methoxy groups -OCH3 is 1. The van der Waals surface area contributed by atoms with Gasteiger partial charge in [0.1, 0.15) is 6.20 Å². The van der Waals surface area contributed by atoms with Crippen molar-refractivity contribution in [3.63, 3.8) is 0 Å². The number of pyridine rings is 1. The van der Waals surface area contributed by atoms with E-state index < -0.39 is 0 Å². The van der Waals surface area contributed by atoms with Crippen LogP contribution >= 0.6 is 0 Å². The molecule has 0 N–H and O–H groups in total. The molecule has 1 radical (unpaired) electrons. The van der Waals surface area contributed by atoms with E-state index in [-0.39, 0.29) is 0 Å². The minimum atomic E-state index is 0.554. The fraction of sp³-hybridized carbons (Fsp3) is 0.444. The van der Waals surface area contributed by atoms with Crippen LogP contribution in [0.5, 0.6) is 5.75 Å². The van der Waals surface area contributed by atoms with Gasteiger partial charge in [-0.05, 0) is 13.0 Å². The molecule has 0 amide bonds. The molecule has 0 aliphatic heterocycles. The van der Waals surface area contributed by atoms with Gasteiger partial charge in [0.25, 0.3) is 0 Å². The van der Waals surface area contributed by atoms with Gasteiger partial charge in [0.05, 0.1) is 13.7 Å². The molecule has 0 aromatic carbocycles. The smallest absolute Gasteiger partial charge is 0.152 e. The summed E-state index contributed by atoms with van der Waals surface area (Å²) in [7, 11) is 1.60. The summed E-state index contributed by atoms with van der Waals surface area (Å²) in [4.78, 5) is 3.82. The fourth-order valence-corrected chi connectivity index (χ4v) is 0.873. The van der Waals surface area contributed by atoms with E-state index in [1.165, 1.54) is 0 Å². The number of hydrogen-bond donors (Lipinski definition) is 0. The van der Waals surface area contributed by atoms with E-state index in [2.05, 4.69) is 11.2 Å². The third-order valence-electron chi connectivity index (χ3n) is 1.47. The maximum absolute atomic E-state index is 5.23. The van der Waals surface area contributed by atoms with Crippen molar-refractivity contribution in [3.05, 3.63) is 24.0 Å². The summed E-state index contributed by atoms with van der Waals surface area (Å²) in [6.45, 7) is 3.21. The molecule has 0 saturated heterocycles. The van der Waals surface area contributed by atoms with Gasteiger partial charge in [-0.2, -0.15) is 0 Å². The second-order valence-corrected chi connectivity index (χ2v) is 2.25. The van der Waals surface area contributed by atoms with Crippen LogP contribution in [0.2, 0.25) is 0 Å². The highest BCUT2D eigenvalue weighted by atomic mass is 16.5. The van der Waals surface area contributed by atoms with Gasteiger partial charge in [0.15, 0.2) is 5.75 Å². The first-order chi connectivity index (χ1) is 5.88. The highest BCUT2D eigenvalue weighted by molar-refractivity contribution is 5.27. The lowest BCUT2D eigenvalue weighted by atomic mass is 10.2. The van der Waals surface area contributed by atoms with Crippen molar-refractivity contribution in [2.75, 3.05) is 13.7 Å². The lowest BCUT2D eigenvalue weighted by molar-refractivity contribution is 0.132. The zero-order chi connectivity index (χ0) is 8.81. The molecule has 0 saturated carbocycles. The van der Waals surface area contributed by atoms with E-state index in [1.807, 2.05) is 13.0 Å². The fourth-order valence-electron chi connectivity index (χ4n) is 0.873. The van der Waals surface area contributed by atoms with Crippen molar-refractivity contribution in [1.29, 1.82) is 0 Å². The van der Waals surface area contributed by atoms with Gasteiger partial charge in [-0.1, -0.05) is 0 Å². The van der Waals surface area contributed by atoms with Crippen molar-refractivity contribution >= 4 is 0 Å². The zero-order valence-electron chi connectivity index (χ0n) is 7.33. The molecule has 1 rings (SSSR count). The van der Waals surface area contributed by atoms with Gasteiger partial charge in [-0.25, -0.2) is 0 Å². The van der Waals surface area contributed by atoms with Crippen LogP contribution in [0.4, 0.5) is 0 Å². The SMILES string of the molecule is CCOCc1ccn[c]c1OC. The average molecular weight is 166 g/mol. The van der Waals surface area contributed by atoms with Crippen LogP contribution in [0.3, 0.4) is 0 Å². The van der Waals surface area contributed by atoms with E-state index >= 15 is 0 Å². The average Bonchev–Trinajstić information content (AvgIpc) is 2.15. The molecule has 0 aliphatic carbocycles. The Kier molecular flexibility index (Phi) is 3.54. The molecule has 1 aromatic rings. The summed E-state index contributed by atoms with van der Waals surface area (Å²) in [5.74, 6) is 0.658. The lowest BCUT2D eigenvalue weighted by Gasteiger charge is -2.05. The van der Waals surface area contributed by atoms with Crippen molar-refractivity contribution in [2.45, 2.75) is 13.5 Å². The molecular weight excluding hydrogens is 154 g/mol. The maximum Gasteiger partial charge on any atom is 0.152 e. The quantitative estimate of drug-likeness (QED) is 0.678. The van der Waals surface area contributed by atoms with Crippen LogP contribution in [-0.4, -0.2) is 18.7 Å². The van der Waals surface area contributed by atoms with E-state index in [0.717, 1.165) is 5.56 Å². The molecule has 0 fully saturated rings. The van der Waals surface area contributed by atoms with Crippen LogP contribution in [-0.2, 0) is 11.3 Å². The minimum absolute atomic E-state index is 0.554. The lowest BCUT2D eigenvalue weighted by Crippen LogP contribution is -1.96. The Hall–Kier alpha value is -1.09. The summed E-state index contributed by atoms with van der Waals surface area (Å²) >= 11 is 0. The molecule has 0 spiro atoms. The van der Waals surface area contributed by atoms with Crippen molar-refractivity contribution in [1.82, 2.24) is 4.98 Å². The molecule has 1 heterocycles. The van der Waals surface area contributed by atoms with Gasteiger partial charge in [0.2, 0.25) is 0 Å². The van der Waals surface area contributed by atoms with E-state index in [1.54, 1.807) is 13.3 Å². The van der Waals surface area contributed by atoms with Crippen LogP contribution in [0.15, 0.2) is 12.3 Å². The first-order valence-electron chi connectivity index (χ1n) is 3.85. The molecule has 3 heteroatoms. The summed E-state index contributed by atoms with van der Waals surface area (Å²) in [5, 5.41) is 0. The molecule has 0 aliphatic rings. The van der Waals surface area contributed by atoms with Gasteiger partial charge in [0, 0.05) is 18.4 Å². The Balaban J connectivity index is 2.68. The van der Waals surface area contributed by atoms with Crippen LogP contribution in [0.1, 0.15) is 12.5 Å². The molecule has 1 aromatic heterocycles. The van der Waals surface area contributed by atoms with E-state index in [9.17, 15) is 0 Å². The van der Waals surface area contributed by atoms with Crippen molar-refractivity contribution in [2.24, 2.45) is 0 Å². The summed E-state index contributed by atoms with van der Waals surface area (Å²) in [6.07, 6.45) is 4.42. The summed E-state index contributed by atoms with van der Waals surface area (Å²) in [6, 6.07) is 1.87. The standard InChI is InChI=1S/C9H12NO2/c1-3-12-7-8-4-5-10-6-9(8)11-2/h4-5H,3,7H2,1-2H3. The van der Waals surface area contributed by atoms with Gasteiger partial charge < -0.3 is 9.47 Å². The second-order valence-electron chi connectivity index (χ2n) is 2.25. The maximum atomic E-state index is 5.23. The number of nitrogens with zero attached hydrogens (tertiary/aromatic N) is 1. The monoisotopic (exact) mass is 166 g/mol. The topological polar surface area (TPSA) is 31.4 Å². The Bertz CT molecular complexity index is 238. The molecular formula is C9H12NO2. The Morgan fingerprint density at radius 3 is 3.08 bits per heavy atom. The predicted octanol–water partition coefficient (Wildman–Crippen LogP) is 1.43. The first-order valence-corrected chi connectivity index (χ1v) is 3.85. The second kappa shape index (κ2) is 4.72. The minimum Gasteiger partial charge on any atom is -0.494 e. The van der Waals surface area contributed by atoms with Crippen LogP contribution < -0.4 is 4.74 Å². The molecule has 0 unspecified atom stereocenters. The van der Waals surface area contributed by atoms with Crippen molar-refractivity contribution < 1.29 is 9.47 Å². The van der Waals surface area contributed by atoms with Crippen LogP contribution in [0.25, 0.3) is 0 Å². The normalized spacial score (nSPS) is 9.83. The number of rotatable bonds is 4.